The zero-order valence-electron chi connectivity index (χ0n) is 24.6. The fourth-order valence-corrected chi connectivity index (χ4v) is 4.11. The summed E-state index contributed by atoms with van der Waals surface area (Å²) >= 11 is 0. The molecule has 2 aromatic carbocycles. The Hall–Kier alpha value is -5.14. The summed E-state index contributed by atoms with van der Waals surface area (Å²) in [5.74, 6) is -2.68. The third kappa shape index (κ3) is 10.6. The van der Waals surface area contributed by atoms with Crippen LogP contribution in [0.5, 0.6) is 5.75 Å². The SMILES string of the molecule is COC(=O)N[C@@](CCC(=O)OC(C)(C)C)(Cc1cccc(C(=N)N)c1)C(=O)NCC(=O)NCc1ccc(C(=N)N)c(O)c1. The van der Waals surface area contributed by atoms with Crippen molar-refractivity contribution in [2.75, 3.05) is 13.7 Å². The van der Waals surface area contributed by atoms with Gasteiger partial charge in [-0.2, -0.15) is 0 Å². The number of benzene rings is 2. The van der Waals surface area contributed by atoms with Crippen molar-refractivity contribution < 1.29 is 33.8 Å². The van der Waals surface area contributed by atoms with Gasteiger partial charge >= 0.3 is 12.1 Å². The molecule has 0 radical (unpaired) electrons. The lowest BCUT2D eigenvalue weighted by atomic mass is 9.84. The molecule has 232 valence electrons. The van der Waals surface area contributed by atoms with Gasteiger partial charge in [0, 0.05) is 24.9 Å². The second-order valence-corrected chi connectivity index (χ2v) is 10.8. The highest BCUT2D eigenvalue weighted by molar-refractivity contribution is 5.98. The maximum absolute atomic E-state index is 13.7. The highest BCUT2D eigenvalue weighted by Crippen LogP contribution is 2.23. The minimum atomic E-state index is -1.77. The van der Waals surface area contributed by atoms with Crippen molar-refractivity contribution in [3.8, 4) is 5.75 Å². The van der Waals surface area contributed by atoms with Crippen LogP contribution in [-0.4, -0.2) is 65.4 Å². The standard InChI is InChI=1S/C29H39N7O7/c1-28(2,3)43-23(39)10-11-29(36-27(41)42-4,14-17-6-5-7-19(12-17)24(30)31)26(40)35-16-22(38)34-15-18-8-9-20(25(32)33)21(37)13-18/h5-9,12-13,37H,10-11,14-16H2,1-4H3,(H3,30,31)(H3,32,33)(H,34,38)(H,35,40)(H,36,41)/t29-/m0/s1. The van der Waals surface area contributed by atoms with Gasteiger partial charge in [-0.1, -0.05) is 24.3 Å². The summed E-state index contributed by atoms with van der Waals surface area (Å²) < 4.78 is 10.2. The van der Waals surface area contributed by atoms with E-state index in [0.29, 0.717) is 16.7 Å². The molecule has 0 heterocycles. The van der Waals surface area contributed by atoms with E-state index in [9.17, 15) is 24.3 Å². The highest BCUT2D eigenvalue weighted by atomic mass is 16.6. The molecule has 0 aliphatic heterocycles. The molecule has 0 fully saturated rings. The zero-order valence-corrected chi connectivity index (χ0v) is 24.6. The summed E-state index contributed by atoms with van der Waals surface area (Å²) in [6.45, 7) is 4.61. The summed E-state index contributed by atoms with van der Waals surface area (Å²) in [6.07, 6.45) is -1.55. The van der Waals surface area contributed by atoms with Gasteiger partial charge in [0.15, 0.2) is 0 Å². The van der Waals surface area contributed by atoms with Crippen LogP contribution in [-0.2, 0) is 36.8 Å². The van der Waals surface area contributed by atoms with Crippen molar-refractivity contribution in [2.45, 2.75) is 57.7 Å². The molecular weight excluding hydrogens is 558 g/mol. The van der Waals surface area contributed by atoms with Gasteiger partial charge in [0.05, 0.1) is 19.2 Å². The molecule has 0 bridgehead atoms. The second-order valence-electron chi connectivity index (χ2n) is 10.8. The van der Waals surface area contributed by atoms with Crippen molar-refractivity contribution in [3.05, 3.63) is 64.7 Å². The van der Waals surface area contributed by atoms with E-state index < -0.39 is 41.6 Å². The number of phenols is 1. The Morgan fingerprint density at radius 1 is 0.953 bits per heavy atom. The van der Waals surface area contributed by atoms with Crippen LogP contribution in [0.3, 0.4) is 0 Å². The van der Waals surface area contributed by atoms with Crippen LogP contribution in [0.2, 0.25) is 0 Å². The molecule has 0 saturated carbocycles. The molecule has 0 saturated heterocycles. The summed E-state index contributed by atoms with van der Waals surface area (Å²) in [4.78, 5) is 51.4. The fourth-order valence-electron chi connectivity index (χ4n) is 4.11. The molecule has 3 amide bonds. The first kappa shape index (κ1) is 34.1. The number of amidine groups is 2. The molecule has 43 heavy (non-hydrogen) atoms. The predicted octanol–water partition coefficient (Wildman–Crippen LogP) is 1.15. The molecule has 14 nitrogen and oxygen atoms in total. The smallest absolute Gasteiger partial charge is 0.407 e. The molecule has 0 aromatic heterocycles. The number of methoxy groups -OCH3 is 1. The largest absolute Gasteiger partial charge is 0.507 e. The van der Waals surface area contributed by atoms with Gasteiger partial charge in [-0.3, -0.25) is 25.2 Å². The number of nitrogens with one attached hydrogen (secondary N) is 5. The summed E-state index contributed by atoms with van der Waals surface area (Å²) in [6, 6.07) is 10.9. The molecule has 0 unspecified atom stereocenters. The Morgan fingerprint density at radius 3 is 2.23 bits per heavy atom. The topological polar surface area (TPSA) is 243 Å². The lowest BCUT2D eigenvalue weighted by Crippen LogP contribution is -2.61. The van der Waals surface area contributed by atoms with E-state index in [1.807, 2.05) is 0 Å². The summed E-state index contributed by atoms with van der Waals surface area (Å²) in [5.41, 5.74) is 10.0. The average Bonchev–Trinajstić information content (AvgIpc) is 2.92. The Bertz CT molecular complexity index is 1390. The number of phenolic OH excluding ortho intramolecular Hbond substituents is 1. The number of nitrogen functional groups attached to an aromatic ring is 2. The van der Waals surface area contributed by atoms with Gasteiger partial charge in [0.1, 0.15) is 28.6 Å². The minimum absolute atomic E-state index is 0.00246. The lowest BCUT2D eigenvalue weighted by molar-refractivity contribution is -0.155. The molecule has 10 N–H and O–H groups in total. The molecule has 1 atom stereocenters. The molecule has 2 aromatic rings. The first-order chi connectivity index (χ1) is 20.0. The number of rotatable bonds is 13. The van der Waals surface area contributed by atoms with Gasteiger partial charge in [0.25, 0.3) is 0 Å². The number of hydrogen-bond donors (Lipinski definition) is 8. The second kappa shape index (κ2) is 14.7. The quantitative estimate of drug-likeness (QED) is 0.0936. The first-order valence-electron chi connectivity index (χ1n) is 13.3. The van der Waals surface area contributed by atoms with E-state index >= 15 is 0 Å². The van der Waals surface area contributed by atoms with Gasteiger partial charge in [-0.15, -0.1) is 0 Å². The zero-order chi connectivity index (χ0) is 32.4. The van der Waals surface area contributed by atoms with E-state index in [4.69, 9.17) is 31.8 Å². The normalized spacial score (nSPS) is 12.3. The van der Waals surface area contributed by atoms with Crippen LogP contribution in [0, 0.1) is 10.8 Å². The Kier molecular flexibility index (Phi) is 11.6. The van der Waals surface area contributed by atoms with Crippen LogP contribution in [0.15, 0.2) is 42.5 Å². The Morgan fingerprint density at radius 2 is 1.65 bits per heavy atom. The van der Waals surface area contributed by atoms with Crippen LogP contribution in [0.25, 0.3) is 0 Å². The van der Waals surface area contributed by atoms with E-state index in [1.54, 1.807) is 51.1 Å². The van der Waals surface area contributed by atoms with E-state index in [2.05, 4.69) is 16.0 Å². The van der Waals surface area contributed by atoms with Crippen molar-refractivity contribution in [1.82, 2.24) is 16.0 Å². The number of carbonyl (C=O) groups is 4. The van der Waals surface area contributed by atoms with Crippen LogP contribution >= 0.6 is 0 Å². The molecule has 14 heteroatoms. The van der Waals surface area contributed by atoms with E-state index in [-0.39, 0.29) is 48.8 Å². The molecule has 0 spiro atoms. The number of ether oxygens (including phenoxy) is 2. The number of hydrogen-bond acceptors (Lipinski definition) is 9. The van der Waals surface area contributed by atoms with Gasteiger partial charge < -0.3 is 42.0 Å². The molecule has 2 rings (SSSR count). The number of carbonyl (C=O) groups excluding carboxylic acids is 4. The number of esters is 1. The minimum Gasteiger partial charge on any atom is -0.507 e. The predicted molar refractivity (Wildman–Crippen MR) is 158 cm³/mol. The Labute approximate surface area is 249 Å². The molecule has 0 aliphatic rings. The number of aromatic hydroxyl groups is 1. The number of alkyl carbamates (subject to hydrolysis) is 1. The van der Waals surface area contributed by atoms with Crippen molar-refractivity contribution in [2.24, 2.45) is 11.5 Å². The monoisotopic (exact) mass is 597 g/mol. The van der Waals surface area contributed by atoms with Crippen molar-refractivity contribution in [3.63, 3.8) is 0 Å². The fraction of sp³-hybridized carbons (Fsp3) is 0.379. The Balaban J connectivity index is 2.28. The molecule has 0 aliphatic carbocycles. The van der Waals surface area contributed by atoms with Gasteiger partial charge in [0.2, 0.25) is 11.8 Å². The highest BCUT2D eigenvalue weighted by Gasteiger charge is 2.41. The number of amides is 3. The van der Waals surface area contributed by atoms with Gasteiger partial charge in [-0.05, 0) is 56.5 Å². The van der Waals surface area contributed by atoms with Crippen LogP contribution in [0.4, 0.5) is 4.79 Å². The average molecular weight is 598 g/mol. The maximum Gasteiger partial charge on any atom is 0.407 e. The third-order valence-electron chi connectivity index (χ3n) is 6.13. The van der Waals surface area contributed by atoms with Gasteiger partial charge in [-0.25, -0.2) is 4.79 Å². The van der Waals surface area contributed by atoms with Crippen molar-refractivity contribution >= 4 is 35.5 Å². The summed E-state index contributed by atoms with van der Waals surface area (Å²) in [5, 5.41) is 32.9. The van der Waals surface area contributed by atoms with E-state index in [1.165, 1.54) is 12.1 Å². The number of nitrogens with two attached hydrogens (primary N) is 2. The maximum atomic E-state index is 13.7. The van der Waals surface area contributed by atoms with Crippen LogP contribution in [0.1, 0.15) is 55.9 Å². The van der Waals surface area contributed by atoms with Crippen molar-refractivity contribution in [1.29, 1.82) is 10.8 Å². The third-order valence-corrected chi connectivity index (χ3v) is 6.13. The van der Waals surface area contributed by atoms with E-state index in [0.717, 1.165) is 7.11 Å². The summed E-state index contributed by atoms with van der Waals surface area (Å²) in [7, 11) is 1.12. The molecular formula is C29H39N7O7. The lowest BCUT2D eigenvalue weighted by Gasteiger charge is -2.33. The van der Waals surface area contributed by atoms with Crippen LogP contribution < -0.4 is 27.4 Å². The first-order valence-corrected chi connectivity index (χ1v) is 13.3.